The summed E-state index contributed by atoms with van der Waals surface area (Å²) < 4.78 is 5.42. The summed E-state index contributed by atoms with van der Waals surface area (Å²) in [6.45, 7) is 5.30. The van der Waals surface area contributed by atoms with Crippen LogP contribution in [0.1, 0.15) is 46.0 Å². The van der Waals surface area contributed by atoms with E-state index in [0.29, 0.717) is 26.0 Å². The number of amides is 1. The van der Waals surface area contributed by atoms with Gasteiger partial charge in [-0.2, -0.15) is 0 Å². The van der Waals surface area contributed by atoms with E-state index in [1.807, 2.05) is 13.8 Å². The Hall–Kier alpha value is -1.30. The number of oxime groups is 1. The monoisotopic (exact) mass is 271 g/mol. The molecule has 19 heavy (non-hydrogen) atoms. The first-order valence-corrected chi connectivity index (χ1v) is 6.91. The normalized spacial score (nSPS) is 18.2. The summed E-state index contributed by atoms with van der Waals surface area (Å²) in [6, 6.07) is 0. The fourth-order valence-corrected chi connectivity index (χ4v) is 2.14. The van der Waals surface area contributed by atoms with Gasteiger partial charge in [0.25, 0.3) is 0 Å². The molecule has 0 radical (unpaired) electrons. The molecular weight excluding hydrogens is 246 g/mol. The van der Waals surface area contributed by atoms with Crippen molar-refractivity contribution in [3.8, 4) is 0 Å². The molecule has 1 fully saturated rings. The number of unbranched alkanes of at least 4 members (excludes halogenated alkanes) is 1. The second kappa shape index (κ2) is 7.33. The smallest absolute Gasteiger partial charge is 0.233 e. The number of ether oxygens (including phenoxy) is 1. The highest BCUT2D eigenvalue weighted by Crippen LogP contribution is 2.41. The lowest BCUT2D eigenvalue weighted by atomic mass is 9.67. The third-order valence-corrected chi connectivity index (χ3v) is 3.55. The van der Waals surface area contributed by atoms with Gasteiger partial charge in [0.2, 0.25) is 5.91 Å². The number of rotatable bonds is 8. The standard InChI is InChI=1S/C13H25N3O3/c1-10(2)19-9-4-3-8-15-12(17)13(6-5-7-13)11(14)16-18/h10,18H,3-9H2,1-2H3,(H2,14,16)(H,15,17). The van der Waals surface area contributed by atoms with Gasteiger partial charge in [0.05, 0.1) is 6.10 Å². The quantitative estimate of drug-likeness (QED) is 0.203. The third kappa shape index (κ3) is 4.09. The maximum absolute atomic E-state index is 12.1. The number of amidine groups is 1. The van der Waals surface area contributed by atoms with E-state index in [1.54, 1.807) is 0 Å². The van der Waals surface area contributed by atoms with Crippen LogP contribution in [0, 0.1) is 5.41 Å². The van der Waals surface area contributed by atoms with Crippen molar-refractivity contribution in [1.82, 2.24) is 5.32 Å². The Balaban J connectivity index is 2.24. The number of nitrogens with two attached hydrogens (primary N) is 1. The maximum atomic E-state index is 12.1. The molecule has 0 aromatic carbocycles. The Kier molecular flexibility index (Phi) is 6.08. The van der Waals surface area contributed by atoms with Crippen LogP contribution in [0.5, 0.6) is 0 Å². The van der Waals surface area contributed by atoms with Gasteiger partial charge in [-0.3, -0.25) is 4.79 Å². The van der Waals surface area contributed by atoms with E-state index in [0.717, 1.165) is 19.3 Å². The molecular formula is C13H25N3O3. The zero-order chi connectivity index (χ0) is 14.3. The van der Waals surface area contributed by atoms with Crippen LogP contribution in [0.2, 0.25) is 0 Å². The SMILES string of the molecule is CC(C)OCCCCNC(=O)C1(C(N)=NO)CCC1. The minimum Gasteiger partial charge on any atom is -0.409 e. The summed E-state index contributed by atoms with van der Waals surface area (Å²) >= 11 is 0. The minimum absolute atomic E-state index is 0.0272. The zero-order valence-corrected chi connectivity index (χ0v) is 11.8. The Morgan fingerprint density at radius 2 is 2.16 bits per heavy atom. The fourth-order valence-electron chi connectivity index (χ4n) is 2.14. The molecule has 110 valence electrons. The summed E-state index contributed by atoms with van der Waals surface area (Å²) in [6.07, 6.45) is 4.27. The summed E-state index contributed by atoms with van der Waals surface area (Å²) in [7, 11) is 0. The molecule has 0 saturated heterocycles. The van der Waals surface area contributed by atoms with Crippen molar-refractivity contribution in [2.75, 3.05) is 13.2 Å². The van der Waals surface area contributed by atoms with Crippen LogP contribution in [0.3, 0.4) is 0 Å². The average molecular weight is 271 g/mol. The molecule has 6 heteroatoms. The molecule has 1 saturated carbocycles. The predicted octanol–water partition coefficient (Wildman–Crippen LogP) is 1.22. The van der Waals surface area contributed by atoms with Gasteiger partial charge in [0, 0.05) is 13.2 Å². The average Bonchev–Trinajstić information content (AvgIpc) is 2.31. The first-order chi connectivity index (χ1) is 9.03. The molecule has 0 aromatic rings. The highest BCUT2D eigenvalue weighted by atomic mass is 16.5. The van der Waals surface area contributed by atoms with Crippen molar-refractivity contribution in [1.29, 1.82) is 0 Å². The van der Waals surface area contributed by atoms with Crippen LogP contribution in [-0.4, -0.2) is 36.2 Å². The van der Waals surface area contributed by atoms with E-state index < -0.39 is 5.41 Å². The maximum Gasteiger partial charge on any atom is 0.233 e. The van der Waals surface area contributed by atoms with Gasteiger partial charge < -0.3 is 21.0 Å². The van der Waals surface area contributed by atoms with Crippen LogP contribution in [0.25, 0.3) is 0 Å². The summed E-state index contributed by atoms with van der Waals surface area (Å²) in [5.41, 5.74) is 4.84. The van der Waals surface area contributed by atoms with Gasteiger partial charge in [-0.1, -0.05) is 11.6 Å². The highest BCUT2D eigenvalue weighted by Gasteiger charge is 2.48. The first-order valence-electron chi connectivity index (χ1n) is 6.91. The molecule has 0 unspecified atom stereocenters. The van der Waals surface area contributed by atoms with E-state index in [2.05, 4.69) is 10.5 Å². The van der Waals surface area contributed by atoms with Crippen molar-refractivity contribution in [3.05, 3.63) is 0 Å². The van der Waals surface area contributed by atoms with Gasteiger partial charge in [-0.05, 0) is 39.5 Å². The molecule has 0 heterocycles. The number of hydrogen-bond acceptors (Lipinski definition) is 4. The summed E-state index contributed by atoms with van der Waals surface area (Å²) in [5.74, 6) is -0.0989. The number of carbonyl (C=O) groups is 1. The molecule has 4 N–H and O–H groups in total. The number of carbonyl (C=O) groups excluding carboxylic acids is 1. The first kappa shape index (κ1) is 15.8. The van der Waals surface area contributed by atoms with Crippen molar-refractivity contribution in [3.63, 3.8) is 0 Å². The number of nitrogens with zero attached hydrogens (tertiary/aromatic N) is 1. The Morgan fingerprint density at radius 1 is 1.47 bits per heavy atom. The fraction of sp³-hybridized carbons (Fsp3) is 0.846. The topological polar surface area (TPSA) is 96.9 Å². The van der Waals surface area contributed by atoms with Gasteiger partial charge >= 0.3 is 0 Å². The minimum atomic E-state index is -0.775. The lowest BCUT2D eigenvalue weighted by molar-refractivity contribution is -0.131. The molecule has 1 amide bonds. The van der Waals surface area contributed by atoms with E-state index >= 15 is 0 Å². The molecule has 1 aliphatic rings. The second-order valence-electron chi connectivity index (χ2n) is 5.30. The molecule has 0 aromatic heterocycles. The zero-order valence-electron chi connectivity index (χ0n) is 11.8. The van der Waals surface area contributed by atoms with Gasteiger partial charge in [-0.25, -0.2) is 0 Å². The summed E-state index contributed by atoms with van der Waals surface area (Å²) in [4.78, 5) is 12.1. The number of hydrogen-bond donors (Lipinski definition) is 3. The summed E-state index contributed by atoms with van der Waals surface area (Å²) in [5, 5.41) is 14.6. The van der Waals surface area contributed by atoms with Crippen LogP contribution in [0.15, 0.2) is 5.16 Å². The van der Waals surface area contributed by atoms with Gasteiger partial charge in [-0.15, -0.1) is 0 Å². The van der Waals surface area contributed by atoms with Crippen LogP contribution < -0.4 is 11.1 Å². The molecule has 0 spiro atoms. The molecule has 1 aliphatic carbocycles. The van der Waals surface area contributed by atoms with Crippen molar-refractivity contribution >= 4 is 11.7 Å². The van der Waals surface area contributed by atoms with Crippen molar-refractivity contribution in [2.45, 2.75) is 52.1 Å². The van der Waals surface area contributed by atoms with Crippen LogP contribution in [0.4, 0.5) is 0 Å². The molecule has 1 rings (SSSR count). The van der Waals surface area contributed by atoms with E-state index in [-0.39, 0.29) is 17.8 Å². The second-order valence-corrected chi connectivity index (χ2v) is 5.30. The van der Waals surface area contributed by atoms with Crippen molar-refractivity contribution < 1.29 is 14.7 Å². The Labute approximate surface area is 114 Å². The highest BCUT2D eigenvalue weighted by molar-refractivity contribution is 6.07. The Bertz CT molecular complexity index is 325. The molecule has 0 bridgehead atoms. The van der Waals surface area contributed by atoms with E-state index in [4.69, 9.17) is 15.7 Å². The van der Waals surface area contributed by atoms with Crippen LogP contribution >= 0.6 is 0 Å². The lowest BCUT2D eigenvalue weighted by Gasteiger charge is -2.38. The Morgan fingerprint density at radius 3 is 2.63 bits per heavy atom. The lowest BCUT2D eigenvalue weighted by Crippen LogP contribution is -2.54. The van der Waals surface area contributed by atoms with E-state index in [1.165, 1.54) is 0 Å². The van der Waals surface area contributed by atoms with Gasteiger partial charge in [0.15, 0.2) is 5.84 Å². The molecule has 6 nitrogen and oxygen atoms in total. The largest absolute Gasteiger partial charge is 0.409 e. The van der Waals surface area contributed by atoms with Gasteiger partial charge in [0.1, 0.15) is 5.41 Å². The third-order valence-electron chi connectivity index (χ3n) is 3.55. The molecule has 0 aliphatic heterocycles. The van der Waals surface area contributed by atoms with Crippen LogP contribution in [-0.2, 0) is 9.53 Å². The predicted molar refractivity (Wildman–Crippen MR) is 73.0 cm³/mol. The van der Waals surface area contributed by atoms with Crippen molar-refractivity contribution in [2.24, 2.45) is 16.3 Å². The number of nitrogens with one attached hydrogen (secondary N) is 1. The van der Waals surface area contributed by atoms with E-state index in [9.17, 15) is 4.79 Å². The molecule has 0 atom stereocenters.